The quantitative estimate of drug-likeness (QED) is 0.432. The Hall–Kier alpha value is -2.65. The van der Waals surface area contributed by atoms with E-state index < -0.39 is 11.4 Å². The van der Waals surface area contributed by atoms with Crippen LogP contribution in [0.2, 0.25) is 5.02 Å². The molecule has 2 atom stereocenters. The van der Waals surface area contributed by atoms with Gasteiger partial charge in [-0.1, -0.05) is 18.2 Å². The average molecular weight is 572 g/mol. The van der Waals surface area contributed by atoms with Gasteiger partial charge in [-0.2, -0.15) is 9.97 Å². The molecule has 40 heavy (non-hydrogen) atoms. The second kappa shape index (κ2) is 10.0. The summed E-state index contributed by atoms with van der Waals surface area (Å²) in [6.07, 6.45) is 5.97. The molecular formula is C30H39ClFN5O3. The van der Waals surface area contributed by atoms with Crippen LogP contribution in [0.5, 0.6) is 6.01 Å². The van der Waals surface area contributed by atoms with Crippen molar-refractivity contribution in [3.63, 3.8) is 0 Å². The van der Waals surface area contributed by atoms with E-state index >= 15 is 4.39 Å². The number of amides is 1. The number of allylic oxidation sites excluding steroid dienone is 1. The lowest BCUT2D eigenvalue weighted by Gasteiger charge is -2.42. The number of ether oxygens (including phenoxy) is 2. The molecule has 4 aliphatic rings. The Morgan fingerprint density at radius 2 is 1.82 bits per heavy atom. The number of rotatable bonds is 5. The molecule has 6 rings (SSSR count). The summed E-state index contributed by atoms with van der Waals surface area (Å²) in [7, 11) is 0. The molecule has 1 amide bonds. The lowest BCUT2D eigenvalue weighted by atomic mass is 9.95. The van der Waals surface area contributed by atoms with E-state index in [1.807, 2.05) is 25.7 Å². The third-order valence-corrected chi connectivity index (χ3v) is 9.23. The van der Waals surface area contributed by atoms with Crippen LogP contribution in [0, 0.1) is 5.82 Å². The molecule has 4 aliphatic heterocycles. The van der Waals surface area contributed by atoms with Gasteiger partial charge in [0.1, 0.15) is 23.5 Å². The molecule has 0 saturated carbocycles. The number of piperazine rings is 1. The first kappa shape index (κ1) is 27.5. The first-order chi connectivity index (χ1) is 19.0. The van der Waals surface area contributed by atoms with Gasteiger partial charge in [-0.3, -0.25) is 9.80 Å². The number of nitrogens with zero attached hydrogens (tertiary/aromatic N) is 5. The Morgan fingerprint density at radius 1 is 1.18 bits per heavy atom. The van der Waals surface area contributed by atoms with Crippen molar-refractivity contribution < 1.29 is 18.7 Å². The van der Waals surface area contributed by atoms with Crippen LogP contribution in [0.1, 0.15) is 71.8 Å². The highest BCUT2D eigenvalue weighted by molar-refractivity contribution is 6.33. The average Bonchev–Trinajstić information content (AvgIpc) is 3.52. The van der Waals surface area contributed by atoms with E-state index in [0.29, 0.717) is 36.5 Å². The van der Waals surface area contributed by atoms with Gasteiger partial charge in [0, 0.05) is 24.0 Å². The number of fused-ring (bicyclic) bond motifs is 4. The minimum absolute atomic E-state index is 0.0119. The smallest absolute Gasteiger partial charge is 0.410 e. The van der Waals surface area contributed by atoms with E-state index in [1.165, 1.54) is 0 Å². The van der Waals surface area contributed by atoms with Gasteiger partial charge >= 0.3 is 12.1 Å². The first-order valence-corrected chi connectivity index (χ1v) is 14.8. The van der Waals surface area contributed by atoms with E-state index in [2.05, 4.69) is 21.4 Å². The van der Waals surface area contributed by atoms with Crippen LogP contribution in [0.15, 0.2) is 12.6 Å². The Kier molecular flexibility index (Phi) is 6.89. The van der Waals surface area contributed by atoms with Crippen LogP contribution in [0.3, 0.4) is 0 Å². The van der Waals surface area contributed by atoms with Crippen molar-refractivity contribution in [2.75, 3.05) is 37.7 Å². The van der Waals surface area contributed by atoms with Crippen molar-refractivity contribution in [1.29, 1.82) is 0 Å². The maximum atomic E-state index is 16.0. The Balaban J connectivity index is 1.36. The molecule has 0 aliphatic carbocycles. The number of carbonyl (C=O) groups excluding carboxylic acids is 1. The summed E-state index contributed by atoms with van der Waals surface area (Å²) >= 11 is 6.58. The molecule has 2 bridgehead atoms. The molecule has 0 N–H and O–H groups in total. The molecule has 1 aromatic heterocycles. The van der Waals surface area contributed by atoms with E-state index in [1.54, 1.807) is 13.0 Å². The normalized spacial score (nSPS) is 24.1. The molecule has 8 nitrogen and oxygen atoms in total. The van der Waals surface area contributed by atoms with Crippen molar-refractivity contribution >= 4 is 40.0 Å². The number of halogens is 2. The number of hydrogen-bond donors (Lipinski definition) is 0. The minimum Gasteiger partial charge on any atom is -0.461 e. The maximum Gasteiger partial charge on any atom is 0.410 e. The summed E-state index contributed by atoms with van der Waals surface area (Å²) in [4.78, 5) is 29.0. The van der Waals surface area contributed by atoms with Crippen molar-refractivity contribution in [2.45, 2.75) is 89.4 Å². The van der Waals surface area contributed by atoms with E-state index in [4.69, 9.17) is 26.1 Å². The SMILES string of the molecule is C=C(C)c1c(Cl)cc2c(N3CC4CCC(C3)N4C(=O)OC(C)(C)C)nc(OCC34CCCN3CCC4)nc2c1F. The summed E-state index contributed by atoms with van der Waals surface area (Å²) in [6.45, 7) is 15.1. The van der Waals surface area contributed by atoms with Crippen LogP contribution < -0.4 is 9.64 Å². The highest BCUT2D eigenvalue weighted by atomic mass is 35.5. The minimum atomic E-state index is -0.564. The Bertz CT molecular complexity index is 1340. The monoisotopic (exact) mass is 571 g/mol. The topological polar surface area (TPSA) is 71.0 Å². The van der Waals surface area contributed by atoms with Crippen LogP contribution in [-0.4, -0.2) is 81.9 Å². The van der Waals surface area contributed by atoms with Crippen molar-refractivity contribution in [2.24, 2.45) is 0 Å². The molecule has 216 valence electrons. The maximum absolute atomic E-state index is 16.0. The van der Waals surface area contributed by atoms with Crippen LogP contribution in [0.25, 0.3) is 16.5 Å². The van der Waals surface area contributed by atoms with Gasteiger partial charge < -0.3 is 14.4 Å². The van der Waals surface area contributed by atoms with Gasteiger partial charge in [0.05, 0.1) is 22.6 Å². The van der Waals surface area contributed by atoms with Gasteiger partial charge in [0.2, 0.25) is 0 Å². The van der Waals surface area contributed by atoms with E-state index in [9.17, 15) is 4.79 Å². The van der Waals surface area contributed by atoms with Crippen molar-refractivity contribution in [1.82, 2.24) is 19.8 Å². The predicted octanol–water partition coefficient (Wildman–Crippen LogP) is 6.05. The zero-order valence-electron chi connectivity index (χ0n) is 23.9. The number of benzene rings is 1. The molecule has 10 heteroatoms. The highest BCUT2D eigenvalue weighted by Crippen LogP contribution is 2.41. The fraction of sp³-hybridized carbons (Fsp3) is 0.633. The lowest BCUT2D eigenvalue weighted by molar-refractivity contribution is 0.0122. The van der Waals surface area contributed by atoms with Gasteiger partial charge in [0.25, 0.3) is 0 Å². The molecule has 2 aromatic rings. The van der Waals surface area contributed by atoms with Crippen LogP contribution in [-0.2, 0) is 4.74 Å². The zero-order chi connectivity index (χ0) is 28.4. The van der Waals surface area contributed by atoms with Crippen molar-refractivity contribution in [3.8, 4) is 6.01 Å². The third-order valence-electron chi connectivity index (χ3n) is 8.94. The fourth-order valence-electron chi connectivity index (χ4n) is 7.21. The summed E-state index contributed by atoms with van der Waals surface area (Å²) < 4.78 is 28.0. The molecule has 4 saturated heterocycles. The van der Waals surface area contributed by atoms with E-state index in [0.717, 1.165) is 51.6 Å². The second-order valence-corrected chi connectivity index (χ2v) is 13.3. The van der Waals surface area contributed by atoms with E-state index in [-0.39, 0.29) is 45.8 Å². The first-order valence-electron chi connectivity index (χ1n) is 14.5. The standard InChI is InChI=1S/C30H39ClFN5O3/c1-18(2)23-22(31)14-21-25(24(23)32)33-27(39-17-30-10-6-12-36(30)13-7-11-30)34-26(21)35-15-19-8-9-20(16-35)37(19)28(38)40-29(3,4)5/h14,19-20H,1,6-13,15-17H2,2-5H3. The van der Waals surface area contributed by atoms with Gasteiger partial charge in [-0.15, -0.1) is 0 Å². The molecule has 0 spiro atoms. The number of anilines is 1. The lowest BCUT2D eigenvalue weighted by Crippen LogP contribution is -2.57. The zero-order valence-corrected chi connectivity index (χ0v) is 24.7. The summed E-state index contributed by atoms with van der Waals surface area (Å²) in [5.74, 6) is 0.0717. The summed E-state index contributed by atoms with van der Waals surface area (Å²) in [6, 6.07) is 1.86. The van der Waals surface area contributed by atoms with Crippen LogP contribution >= 0.6 is 11.6 Å². The largest absolute Gasteiger partial charge is 0.461 e. The molecule has 4 fully saturated rings. The third kappa shape index (κ3) is 4.79. The predicted molar refractivity (Wildman–Crippen MR) is 155 cm³/mol. The molecular weight excluding hydrogens is 533 g/mol. The van der Waals surface area contributed by atoms with Crippen molar-refractivity contribution in [3.05, 3.63) is 29.0 Å². The summed E-state index contributed by atoms with van der Waals surface area (Å²) in [5, 5.41) is 0.810. The van der Waals surface area contributed by atoms with Gasteiger partial charge in [0.15, 0.2) is 5.82 Å². The number of aromatic nitrogens is 2. The molecule has 1 aromatic carbocycles. The fourth-order valence-corrected chi connectivity index (χ4v) is 7.56. The van der Waals surface area contributed by atoms with Crippen LogP contribution in [0.4, 0.5) is 15.0 Å². The summed E-state index contributed by atoms with van der Waals surface area (Å²) in [5.41, 5.74) is 0.416. The number of hydrogen-bond acceptors (Lipinski definition) is 7. The van der Waals surface area contributed by atoms with Gasteiger partial charge in [-0.05, 0) is 90.9 Å². The van der Waals surface area contributed by atoms with Gasteiger partial charge in [-0.25, -0.2) is 9.18 Å². The Labute approximate surface area is 240 Å². The molecule has 2 unspecified atom stereocenters. The second-order valence-electron chi connectivity index (χ2n) is 12.9. The molecule has 0 radical (unpaired) electrons. The molecule has 5 heterocycles. The Morgan fingerprint density at radius 3 is 2.42 bits per heavy atom. The highest BCUT2D eigenvalue weighted by Gasteiger charge is 2.46. The number of carbonyl (C=O) groups is 1.